The van der Waals surface area contributed by atoms with Crippen molar-refractivity contribution in [3.8, 4) is 5.69 Å². The van der Waals surface area contributed by atoms with Gasteiger partial charge < -0.3 is 10.2 Å². The van der Waals surface area contributed by atoms with Gasteiger partial charge in [-0.2, -0.15) is 5.10 Å². The molecule has 2 amide bonds. The fraction of sp³-hybridized carbons (Fsp3) is 0.370. The molecule has 1 saturated heterocycles. The van der Waals surface area contributed by atoms with Gasteiger partial charge >= 0.3 is 0 Å². The Kier molecular flexibility index (Phi) is 8.67. The number of para-hydroxylation sites is 1. The quantitative estimate of drug-likeness (QED) is 0.469. The first-order valence-corrected chi connectivity index (χ1v) is 12.9. The number of rotatable bonds is 8. The number of hydrogen-bond donors (Lipinski definition) is 1. The zero-order valence-corrected chi connectivity index (χ0v) is 22.1. The Morgan fingerprint density at radius 1 is 0.972 bits per heavy atom. The number of carbonyl (C=O) groups is 2. The topological polar surface area (TPSA) is 70.5 Å². The smallest absolute Gasteiger partial charge is 0.253 e. The molecule has 0 bridgehead atoms. The molecule has 0 aliphatic carbocycles. The van der Waals surface area contributed by atoms with Gasteiger partial charge in [0.1, 0.15) is 0 Å². The Hall–Kier alpha value is -2.87. The summed E-state index contributed by atoms with van der Waals surface area (Å²) in [5, 5.41) is 8.53. The standard InChI is InChI=1S/C27H31Cl2N5O2/c1-19(2)14-23-16-21(31-34(23)22-6-4-3-5-7-22)17-30-26(35)18-32-10-12-33(13-11-32)27(36)20-8-9-24(28)25(29)15-20/h3-9,15-16,19H,10-14,17-18H2,1-2H3,(H,30,35). The molecule has 9 heteroatoms. The molecular formula is C27H31Cl2N5O2. The maximum absolute atomic E-state index is 12.8. The molecule has 4 rings (SSSR count). The molecule has 1 aliphatic rings. The van der Waals surface area contributed by atoms with Crippen LogP contribution in [-0.2, 0) is 17.8 Å². The number of halogens is 2. The molecule has 2 heterocycles. The summed E-state index contributed by atoms with van der Waals surface area (Å²) in [6.07, 6.45) is 0.904. The van der Waals surface area contributed by atoms with Crippen molar-refractivity contribution < 1.29 is 9.59 Å². The van der Waals surface area contributed by atoms with Crippen molar-refractivity contribution in [3.05, 3.63) is 81.6 Å². The summed E-state index contributed by atoms with van der Waals surface area (Å²) < 4.78 is 1.96. The second kappa shape index (κ2) is 11.9. The van der Waals surface area contributed by atoms with E-state index in [0.29, 0.717) is 54.3 Å². The van der Waals surface area contributed by atoms with Crippen LogP contribution in [0, 0.1) is 5.92 Å². The minimum Gasteiger partial charge on any atom is -0.349 e. The molecule has 7 nitrogen and oxygen atoms in total. The first kappa shape index (κ1) is 26.2. The van der Waals surface area contributed by atoms with Crippen molar-refractivity contribution in [2.75, 3.05) is 32.7 Å². The Bertz CT molecular complexity index is 1200. The van der Waals surface area contributed by atoms with E-state index in [1.54, 1.807) is 23.1 Å². The molecule has 0 unspecified atom stereocenters. The lowest BCUT2D eigenvalue weighted by atomic mass is 10.1. The lowest BCUT2D eigenvalue weighted by molar-refractivity contribution is -0.122. The van der Waals surface area contributed by atoms with Crippen LogP contribution in [0.4, 0.5) is 0 Å². The molecule has 0 radical (unpaired) electrons. The molecular weight excluding hydrogens is 497 g/mol. The van der Waals surface area contributed by atoms with Gasteiger partial charge in [0, 0.05) is 37.4 Å². The number of nitrogens with one attached hydrogen (secondary N) is 1. The molecule has 190 valence electrons. The van der Waals surface area contributed by atoms with Gasteiger partial charge in [-0.25, -0.2) is 4.68 Å². The van der Waals surface area contributed by atoms with Gasteiger partial charge in [-0.1, -0.05) is 55.2 Å². The second-order valence-corrected chi connectivity index (χ2v) is 10.3. The maximum Gasteiger partial charge on any atom is 0.253 e. The van der Waals surface area contributed by atoms with Crippen LogP contribution >= 0.6 is 23.2 Å². The van der Waals surface area contributed by atoms with Crippen LogP contribution in [0.25, 0.3) is 5.69 Å². The number of benzene rings is 2. The molecule has 36 heavy (non-hydrogen) atoms. The van der Waals surface area contributed by atoms with E-state index < -0.39 is 0 Å². The van der Waals surface area contributed by atoms with E-state index in [1.165, 1.54) is 0 Å². The monoisotopic (exact) mass is 527 g/mol. The van der Waals surface area contributed by atoms with Gasteiger partial charge in [0.2, 0.25) is 5.91 Å². The summed E-state index contributed by atoms with van der Waals surface area (Å²) in [6.45, 7) is 7.37. The Morgan fingerprint density at radius 3 is 2.36 bits per heavy atom. The molecule has 1 fully saturated rings. The normalized spacial score (nSPS) is 14.3. The highest BCUT2D eigenvalue weighted by atomic mass is 35.5. The summed E-state index contributed by atoms with van der Waals surface area (Å²) in [7, 11) is 0. The van der Waals surface area contributed by atoms with Crippen molar-refractivity contribution in [1.29, 1.82) is 0 Å². The number of hydrogen-bond acceptors (Lipinski definition) is 4. The average Bonchev–Trinajstić information content (AvgIpc) is 3.27. The SMILES string of the molecule is CC(C)Cc1cc(CNC(=O)CN2CCN(C(=O)c3ccc(Cl)c(Cl)c3)CC2)nn1-c1ccccc1. The molecule has 0 saturated carbocycles. The van der Waals surface area contributed by atoms with Crippen LogP contribution in [0.3, 0.4) is 0 Å². The third-order valence-corrected chi connectivity index (χ3v) is 6.85. The van der Waals surface area contributed by atoms with Gasteiger partial charge in [0.05, 0.1) is 34.5 Å². The first-order chi connectivity index (χ1) is 17.3. The van der Waals surface area contributed by atoms with E-state index in [0.717, 1.165) is 23.5 Å². The average molecular weight is 528 g/mol. The maximum atomic E-state index is 12.8. The van der Waals surface area contributed by atoms with Crippen LogP contribution in [0.1, 0.15) is 35.6 Å². The van der Waals surface area contributed by atoms with Crippen molar-refractivity contribution in [2.24, 2.45) is 5.92 Å². The number of aromatic nitrogens is 2. The predicted octanol–water partition coefficient (Wildman–Crippen LogP) is 4.45. The fourth-order valence-electron chi connectivity index (χ4n) is 4.29. The van der Waals surface area contributed by atoms with Crippen molar-refractivity contribution in [3.63, 3.8) is 0 Å². The lowest BCUT2D eigenvalue weighted by Crippen LogP contribution is -2.51. The van der Waals surface area contributed by atoms with E-state index in [4.69, 9.17) is 28.3 Å². The minimum atomic E-state index is -0.0797. The minimum absolute atomic E-state index is 0.0565. The highest BCUT2D eigenvalue weighted by molar-refractivity contribution is 6.42. The summed E-state index contributed by atoms with van der Waals surface area (Å²) in [6, 6.07) is 17.0. The van der Waals surface area contributed by atoms with Gasteiger partial charge in [0.15, 0.2) is 0 Å². The lowest BCUT2D eigenvalue weighted by Gasteiger charge is -2.34. The molecule has 2 aromatic carbocycles. The zero-order valence-electron chi connectivity index (χ0n) is 20.6. The first-order valence-electron chi connectivity index (χ1n) is 12.2. The van der Waals surface area contributed by atoms with Crippen LogP contribution in [0.2, 0.25) is 10.0 Å². The highest BCUT2D eigenvalue weighted by Gasteiger charge is 2.24. The molecule has 1 aromatic heterocycles. The van der Waals surface area contributed by atoms with E-state index >= 15 is 0 Å². The third-order valence-electron chi connectivity index (χ3n) is 6.11. The van der Waals surface area contributed by atoms with Crippen LogP contribution < -0.4 is 5.32 Å². The van der Waals surface area contributed by atoms with Crippen molar-refractivity contribution in [1.82, 2.24) is 24.9 Å². The Morgan fingerprint density at radius 2 is 1.69 bits per heavy atom. The summed E-state index contributed by atoms with van der Waals surface area (Å²) in [5.74, 6) is 0.358. The Balaban J connectivity index is 1.28. The van der Waals surface area contributed by atoms with Crippen molar-refractivity contribution in [2.45, 2.75) is 26.8 Å². The molecule has 1 aliphatic heterocycles. The largest absolute Gasteiger partial charge is 0.349 e. The highest BCUT2D eigenvalue weighted by Crippen LogP contribution is 2.23. The summed E-state index contributed by atoms with van der Waals surface area (Å²) in [5.41, 5.74) is 3.49. The zero-order chi connectivity index (χ0) is 25.7. The summed E-state index contributed by atoms with van der Waals surface area (Å²) in [4.78, 5) is 29.2. The number of piperazine rings is 1. The molecule has 3 aromatic rings. The second-order valence-electron chi connectivity index (χ2n) is 9.45. The van der Waals surface area contributed by atoms with E-state index in [1.807, 2.05) is 35.0 Å². The Labute approximate surface area is 222 Å². The number of amides is 2. The van der Waals surface area contributed by atoms with Gasteiger partial charge in [-0.3, -0.25) is 14.5 Å². The van der Waals surface area contributed by atoms with Gasteiger partial charge in [-0.15, -0.1) is 0 Å². The fourth-order valence-corrected chi connectivity index (χ4v) is 4.58. The molecule has 1 N–H and O–H groups in total. The third kappa shape index (κ3) is 6.66. The van der Waals surface area contributed by atoms with Crippen LogP contribution in [0.5, 0.6) is 0 Å². The van der Waals surface area contributed by atoms with Gasteiger partial charge in [0.25, 0.3) is 5.91 Å². The predicted molar refractivity (Wildman–Crippen MR) is 143 cm³/mol. The number of carbonyl (C=O) groups excluding carboxylic acids is 2. The van der Waals surface area contributed by atoms with Crippen LogP contribution in [-0.4, -0.2) is 64.1 Å². The van der Waals surface area contributed by atoms with E-state index in [9.17, 15) is 9.59 Å². The van der Waals surface area contributed by atoms with Crippen LogP contribution in [0.15, 0.2) is 54.6 Å². The van der Waals surface area contributed by atoms with Gasteiger partial charge in [-0.05, 0) is 48.7 Å². The van der Waals surface area contributed by atoms with E-state index in [-0.39, 0.29) is 18.4 Å². The van der Waals surface area contributed by atoms with E-state index in [2.05, 4.69) is 30.1 Å². The summed E-state index contributed by atoms with van der Waals surface area (Å²) >= 11 is 12.0. The molecule has 0 atom stereocenters. The van der Waals surface area contributed by atoms with Crippen molar-refractivity contribution >= 4 is 35.0 Å². The molecule has 0 spiro atoms. The number of nitrogens with zero attached hydrogens (tertiary/aromatic N) is 4.